The van der Waals surface area contributed by atoms with Gasteiger partial charge in [-0.25, -0.2) is 9.18 Å². The molecule has 4 heteroatoms. The highest BCUT2D eigenvalue weighted by atomic mass is 19.1. The molecule has 1 aromatic rings. The van der Waals surface area contributed by atoms with Crippen LogP contribution in [0.2, 0.25) is 0 Å². The van der Waals surface area contributed by atoms with Crippen molar-refractivity contribution in [1.29, 1.82) is 0 Å². The Hall–Kier alpha value is -1.71. The molecule has 1 N–H and O–H groups in total. The van der Waals surface area contributed by atoms with Gasteiger partial charge in [-0.15, -0.1) is 0 Å². The van der Waals surface area contributed by atoms with Crippen molar-refractivity contribution in [2.75, 3.05) is 0 Å². The zero-order chi connectivity index (χ0) is 10.6. The van der Waals surface area contributed by atoms with E-state index in [2.05, 4.69) is 4.99 Å². The number of carbonyl (C=O) groups is 1. The van der Waals surface area contributed by atoms with Gasteiger partial charge in [0.2, 0.25) is 0 Å². The molecule has 0 saturated carbocycles. The summed E-state index contributed by atoms with van der Waals surface area (Å²) in [6, 6.07) is 4.89. The molecular formula is C10H10FNO2. The van der Waals surface area contributed by atoms with Crippen molar-refractivity contribution in [3.05, 3.63) is 35.6 Å². The van der Waals surface area contributed by atoms with Gasteiger partial charge in [0.25, 0.3) is 0 Å². The third-order valence-corrected chi connectivity index (χ3v) is 1.67. The molecule has 0 aromatic heterocycles. The first-order valence-electron chi connectivity index (χ1n) is 4.11. The van der Waals surface area contributed by atoms with E-state index >= 15 is 0 Å². The standard InChI is InChI=1S/C10H10FNO2/c1-7(10(13)14)12-6-8-2-4-9(11)5-3-8/h2-7H,1H3,(H,13,14). The number of aliphatic imine (C=N–C) groups is 1. The maximum absolute atomic E-state index is 12.5. The highest BCUT2D eigenvalue weighted by Gasteiger charge is 2.06. The molecule has 0 aliphatic rings. The van der Waals surface area contributed by atoms with Gasteiger partial charge >= 0.3 is 5.97 Å². The quantitative estimate of drug-likeness (QED) is 0.746. The van der Waals surface area contributed by atoms with E-state index in [9.17, 15) is 9.18 Å². The van der Waals surface area contributed by atoms with Crippen molar-refractivity contribution in [3.63, 3.8) is 0 Å². The lowest BCUT2D eigenvalue weighted by molar-refractivity contribution is -0.137. The Balaban J connectivity index is 2.69. The van der Waals surface area contributed by atoms with Gasteiger partial charge in [0.05, 0.1) is 0 Å². The van der Waals surface area contributed by atoms with Crippen LogP contribution in [0.5, 0.6) is 0 Å². The number of carboxylic acids is 1. The first-order chi connectivity index (χ1) is 6.59. The number of aliphatic carboxylic acids is 1. The highest BCUT2D eigenvalue weighted by molar-refractivity contribution is 5.83. The van der Waals surface area contributed by atoms with Gasteiger partial charge in [-0.3, -0.25) is 4.99 Å². The molecule has 0 radical (unpaired) electrons. The minimum Gasteiger partial charge on any atom is -0.480 e. The van der Waals surface area contributed by atoms with Gasteiger partial charge in [-0.05, 0) is 24.6 Å². The Labute approximate surface area is 80.9 Å². The molecule has 1 aromatic carbocycles. The minimum absolute atomic E-state index is 0.326. The van der Waals surface area contributed by atoms with Crippen LogP contribution in [0.1, 0.15) is 12.5 Å². The summed E-state index contributed by atoms with van der Waals surface area (Å²) in [6.45, 7) is 1.47. The van der Waals surface area contributed by atoms with Crippen LogP contribution in [0.3, 0.4) is 0 Å². The first kappa shape index (κ1) is 10.4. The van der Waals surface area contributed by atoms with Crippen molar-refractivity contribution in [2.24, 2.45) is 4.99 Å². The summed E-state index contributed by atoms with van der Waals surface area (Å²) < 4.78 is 12.5. The van der Waals surface area contributed by atoms with E-state index in [0.29, 0.717) is 5.56 Å². The Morgan fingerprint density at radius 3 is 2.57 bits per heavy atom. The lowest BCUT2D eigenvalue weighted by Crippen LogP contribution is -2.13. The van der Waals surface area contributed by atoms with E-state index in [-0.39, 0.29) is 5.82 Å². The largest absolute Gasteiger partial charge is 0.480 e. The van der Waals surface area contributed by atoms with Gasteiger partial charge in [0.15, 0.2) is 0 Å². The Morgan fingerprint density at radius 2 is 2.07 bits per heavy atom. The number of hydrogen-bond acceptors (Lipinski definition) is 2. The summed E-state index contributed by atoms with van der Waals surface area (Å²) in [5, 5.41) is 8.53. The Bertz CT molecular complexity index is 346. The topological polar surface area (TPSA) is 49.7 Å². The molecule has 0 aliphatic heterocycles. The van der Waals surface area contributed by atoms with Crippen molar-refractivity contribution in [3.8, 4) is 0 Å². The fourth-order valence-electron chi connectivity index (χ4n) is 0.810. The molecule has 0 amide bonds. The van der Waals surface area contributed by atoms with Crippen LogP contribution in [0, 0.1) is 5.82 Å². The van der Waals surface area contributed by atoms with Crippen molar-refractivity contribution in [1.82, 2.24) is 0 Å². The third kappa shape index (κ3) is 2.97. The van der Waals surface area contributed by atoms with Gasteiger partial charge in [0, 0.05) is 6.21 Å². The van der Waals surface area contributed by atoms with Crippen LogP contribution in [0.4, 0.5) is 4.39 Å². The first-order valence-corrected chi connectivity index (χ1v) is 4.11. The van der Waals surface area contributed by atoms with Gasteiger partial charge in [0.1, 0.15) is 11.9 Å². The molecule has 0 spiro atoms. The normalized spacial score (nSPS) is 13.0. The maximum atomic E-state index is 12.5. The van der Waals surface area contributed by atoms with E-state index < -0.39 is 12.0 Å². The molecule has 0 fully saturated rings. The smallest absolute Gasteiger partial charge is 0.328 e. The Kier molecular flexibility index (Phi) is 3.34. The molecule has 0 aliphatic carbocycles. The highest BCUT2D eigenvalue weighted by Crippen LogP contribution is 2.00. The second-order valence-electron chi connectivity index (χ2n) is 2.84. The predicted octanol–water partition coefficient (Wildman–Crippen LogP) is 1.72. The molecule has 1 rings (SSSR count). The summed E-state index contributed by atoms with van der Waals surface area (Å²) in [4.78, 5) is 14.2. The Morgan fingerprint density at radius 1 is 1.50 bits per heavy atom. The second kappa shape index (κ2) is 4.50. The molecular weight excluding hydrogens is 185 g/mol. The van der Waals surface area contributed by atoms with E-state index in [1.807, 2.05) is 0 Å². The molecule has 3 nitrogen and oxygen atoms in total. The van der Waals surface area contributed by atoms with Crippen molar-refractivity contribution >= 4 is 12.2 Å². The van der Waals surface area contributed by atoms with Crippen molar-refractivity contribution < 1.29 is 14.3 Å². The average molecular weight is 195 g/mol. The van der Waals surface area contributed by atoms with Crippen LogP contribution in [-0.4, -0.2) is 23.3 Å². The second-order valence-corrected chi connectivity index (χ2v) is 2.84. The van der Waals surface area contributed by atoms with Gasteiger partial charge in [-0.2, -0.15) is 0 Å². The SMILES string of the molecule is CC(N=Cc1ccc(F)cc1)C(=O)O. The number of nitrogens with zero attached hydrogens (tertiary/aromatic N) is 1. The lowest BCUT2D eigenvalue weighted by atomic mass is 10.2. The fourth-order valence-corrected chi connectivity index (χ4v) is 0.810. The molecule has 1 atom stereocenters. The number of halogens is 1. The monoisotopic (exact) mass is 195 g/mol. The zero-order valence-corrected chi connectivity index (χ0v) is 7.64. The summed E-state index contributed by atoms with van der Waals surface area (Å²) in [5.41, 5.74) is 0.680. The van der Waals surface area contributed by atoms with Crippen LogP contribution in [0.15, 0.2) is 29.3 Å². The van der Waals surface area contributed by atoms with E-state index in [1.165, 1.54) is 37.4 Å². The predicted molar refractivity (Wildman–Crippen MR) is 51.1 cm³/mol. The fraction of sp³-hybridized carbons (Fsp3) is 0.200. The van der Waals surface area contributed by atoms with Gasteiger partial charge in [-0.1, -0.05) is 12.1 Å². The molecule has 14 heavy (non-hydrogen) atoms. The van der Waals surface area contributed by atoms with Crippen LogP contribution in [-0.2, 0) is 4.79 Å². The molecule has 0 saturated heterocycles. The lowest BCUT2D eigenvalue weighted by Gasteiger charge is -1.97. The summed E-state index contributed by atoms with van der Waals surface area (Å²) in [6.07, 6.45) is 1.41. The summed E-state index contributed by atoms with van der Waals surface area (Å²) in [7, 11) is 0. The van der Waals surface area contributed by atoms with Crippen LogP contribution in [0.25, 0.3) is 0 Å². The molecule has 1 unspecified atom stereocenters. The third-order valence-electron chi connectivity index (χ3n) is 1.67. The minimum atomic E-state index is -0.983. The van der Waals surface area contributed by atoms with Crippen LogP contribution >= 0.6 is 0 Å². The number of carboxylic acid groups (broad SMARTS) is 1. The van der Waals surface area contributed by atoms with E-state index in [0.717, 1.165) is 0 Å². The number of benzene rings is 1. The summed E-state index contributed by atoms with van der Waals surface area (Å²) >= 11 is 0. The number of rotatable bonds is 3. The summed E-state index contributed by atoms with van der Waals surface area (Å²) in [5.74, 6) is -1.31. The maximum Gasteiger partial charge on any atom is 0.328 e. The van der Waals surface area contributed by atoms with Crippen LogP contribution < -0.4 is 0 Å². The molecule has 0 heterocycles. The number of hydrogen-bond donors (Lipinski definition) is 1. The van der Waals surface area contributed by atoms with E-state index in [1.54, 1.807) is 0 Å². The molecule has 0 bridgehead atoms. The van der Waals surface area contributed by atoms with Gasteiger partial charge < -0.3 is 5.11 Å². The zero-order valence-electron chi connectivity index (χ0n) is 7.64. The average Bonchev–Trinajstić information content (AvgIpc) is 2.16. The van der Waals surface area contributed by atoms with E-state index in [4.69, 9.17) is 5.11 Å². The molecule has 74 valence electrons. The van der Waals surface area contributed by atoms with Crippen molar-refractivity contribution in [2.45, 2.75) is 13.0 Å².